The van der Waals surface area contributed by atoms with Gasteiger partial charge in [0, 0.05) is 17.4 Å². The van der Waals surface area contributed by atoms with Crippen LogP contribution in [0, 0.1) is 11.3 Å². The van der Waals surface area contributed by atoms with Crippen LogP contribution in [0.1, 0.15) is 33.2 Å². The molecule has 3 aromatic rings. The Labute approximate surface area is 156 Å². The van der Waals surface area contributed by atoms with Gasteiger partial charge in [-0.15, -0.1) is 0 Å². The van der Waals surface area contributed by atoms with E-state index in [9.17, 15) is 9.59 Å². The summed E-state index contributed by atoms with van der Waals surface area (Å²) in [5.41, 5.74) is 3.09. The number of aromatic nitrogens is 1. The number of ketones is 1. The van der Waals surface area contributed by atoms with Crippen molar-refractivity contribution in [2.45, 2.75) is 6.92 Å². The van der Waals surface area contributed by atoms with Crippen molar-refractivity contribution in [1.29, 1.82) is 5.26 Å². The molecule has 0 radical (unpaired) electrons. The second-order valence-electron chi connectivity index (χ2n) is 5.84. The maximum absolute atomic E-state index is 12.5. The number of carbonyl (C=O) groups excluding carboxylic acids is 2. The fourth-order valence-corrected chi connectivity index (χ4v) is 2.50. The Morgan fingerprint density at radius 1 is 0.963 bits per heavy atom. The number of carbonyl (C=O) groups is 2. The molecule has 0 fully saturated rings. The van der Waals surface area contributed by atoms with E-state index in [1.54, 1.807) is 54.7 Å². The first kappa shape index (κ1) is 17.8. The third kappa shape index (κ3) is 4.35. The molecule has 6 nitrogen and oxygen atoms in total. The van der Waals surface area contributed by atoms with Gasteiger partial charge in [0.15, 0.2) is 5.78 Å². The highest BCUT2D eigenvalue weighted by atomic mass is 16.1. The number of nitrogens with one attached hydrogen (secondary N) is 2. The van der Waals surface area contributed by atoms with Crippen LogP contribution in [0.2, 0.25) is 0 Å². The van der Waals surface area contributed by atoms with Gasteiger partial charge in [0.2, 0.25) is 0 Å². The lowest BCUT2D eigenvalue weighted by molar-refractivity contribution is 0.101. The summed E-state index contributed by atoms with van der Waals surface area (Å²) in [5.74, 6) is -0.396. The lowest BCUT2D eigenvalue weighted by Crippen LogP contribution is -2.13. The van der Waals surface area contributed by atoms with Crippen LogP contribution >= 0.6 is 0 Å². The van der Waals surface area contributed by atoms with Crippen molar-refractivity contribution in [2.24, 2.45) is 0 Å². The lowest BCUT2D eigenvalue weighted by atomic mass is 10.1. The number of amides is 1. The predicted octanol–water partition coefficient (Wildman–Crippen LogP) is 4.15. The summed E-state index contributed by atoms with van der Waals surface area (Å²) >= 11 is 0. The Kier molecular flexibility index (Phi) is 5.24. The molecule has 1 amide bonds. The highest BCUT2D eigenvalue weighted by Gasteiger charge is 2.10. The number of anilines is 3. The van der Waals surface area contributed by atoms with E-state index in [0.717, 1.165) is 5.69 Å². The van der Waals surface area contributed by atoms with Crippen LogP contribution in [0.3, 0.4) is 0 Å². The molecule has 0 atom stereocenters. The highest BCUT2D eigenvalue weighted by Crippen LogP contribution is 2.20. The number of para-hydroxylation sites is 1. The van der Waals surface area contributed by atoms with Crippen LogP contribution in [0.15, 0.2) is 67.0 Å². The lowest BCUT2D eigenvalue weighted by Gasteiger charge is -2.10. The minimum atomic E-state index is -0.369. The monoisotopic (exact) mass is 356 g/mol. The molecule has 2 aromatic carbocycles. The summed E-state index contributed by atoms with van der Waals surface area (Å²) in [6.07, 6.45) is 3.03. The zero-order chi connectivity index (χ0) is 19.2. The van der Waals surface area contributed by atoms with E-state index in [4.69, 9.17) is 5.26 Å². The zero-order valence-corrected chi connectivity index (χ0v) is 14.6. The van der Waals surface area contributed by atoms with Crippen LogP contribution in [-0.4, -0.2) is 16.7 Å². The van der Waals surface area contributed by atoms with Gasteiger partial charge < -0.3 is 10.6 Å². The quantitative estimate of drug-likeness (QED) is 0.670. The van der Waals surface area contributed by atoms with E-state index < -0.39 is 0 Å². The number of nitriles is 1. The van der Waals surface area contributed by atoms with Gasteiger partial charge in [0.25, 0.3) is 5.91 Å². The van der Waals surface area contributed by atoms with Crippen LogP contribution < -0.4 is 10.6 Å². The first-order chi connectivity index (χ1) is 13.1. The number of hydrogen-bond donors (Lipinski definition) is 2. The molecule has 0 bridgehead atoms. The first-order valence-corrected chi connectivity index (χ1v) is 8.20. The highest BCUT2D eigenvalue weighted by molar-refractivity contribution is 6.05. The zero-order valence-electron chi connectivity index (χ0n) is 14.6. The molecule has 27 heavy (non-hydrogen) atoms. The second kappa shape index (κ2) is 7.93. The van der Waals surface area contributed by atoms with Gasteiger partial charge in [0.05, 0.1) is 28.7 Å². The molecule has 0 aliphatic rings. The first-order valence-electron chi connectivity index (χ1n) is 8.20. The van der Waals surface area contributed by atoms with Crippen molar-refractivity contribution in [2.75, 3.05) is 10.6 Å². The van der Waals surface area contributed by atoms with Crippen molar-refractivity contribution in [1.82, 2.24) is 4.98 Å². The summed E-state index contributed by atoms with van der Waals surface area (Å²) in [4.78, 5) is 28.1. The topological polar surface area (TPSA) is 94.9 Å². The Morgan fingerprint density at radius 2 is 1.74 bits per heavy atom. The molecule has 1 aromatic heterocycles. The number of nitrogens with zero attached hydrogens (tertiary/aromatic N) is 2. The van der Waals surface area contributed by atoms with Gasteiger partial charge in [-0.3, -0.25) is 14.6 Å². The van der Waals surface area contributed by atoms with Crippen molar-refractivity contribution in [3.05, 3.63) is 83.7 Å². The third-order valence-electron chi connectivity index (χ3n) is 3.85. The van der Waals surface area contributed by atoms with Crippen LogP contribution in [0.5, 0.6) is 0 Å². The van der Waals surface area contributed by atoms with E-state index in [1.165, 1.54) is 13.1 Å². The average molecular weight is 356 g/mol. The van der Waals surface area contributed by atoms with Gasteiger partial charge in [-0.25, -0.2) is 0 Å². The molecule has 0 saturated heterocycles. The molecule has 6 heteroatoms. The normalized spacial score (nSPS) is 9.93. The Morgan fingerprint density at radius 3 is 2.52 bits per heavy atom. The van der Waals surface area contributed by atoms with Crippen molar-refractivity contribution in [3.8, 4) is 6.07 Å². The van der Waals surface area contributed by atoms with Crippen molar-refractivity contribution in [3.63, 3.8) is 0 Å². The molecular weight excluding hydrogens is 340 g/mol. The van der Waals surface area contributed by atoms with Crippen LogP contribution in [0.25, 0.3) is 0 Å². The van der Waals surface area contributed by atoms with Crippen LogP contribution in [-0.2, 0) is 0 Å². The standard InChI is InChI=1S/C21H16N4O2/c1-14(26)15-6-4-7-18(9-15)24-19-10-17(12-23-13-19)21(27)25-20-8-3-2-5-16(20)11-22/h2-10,12-13,24H,1H3,(H,25,27). The maximum Gasteiger partial charge on any atom is 0.257 e. The molecule has 3 rings (SSSR count). The van der Waals surface area contributed by atoms with E-state index in [2.05, 4.69) is 15.6 Å². The molecule has 1 heterocycles. The molecule has 0 unspecified atom stereocenters. The minimum absolute atomic E-state index is 0.0268. The second-order valence-corrected chi connectivity index (χ2v) is 5.84. The molecule has 2 N–H and O–H groups in total. The van der Waals surface area contributed by atoms with E-state index in [0.29, 0.717) is 28.1 Å². The predicted molar refractivity (Wildman–Crippen MR) is 103 cm³/mol. The molecule has 0 aliphatic heterocycles. The molecule has 0 saturated carbocycles. The summed E-state index contributed by atoms with van der Waals surface area (Å²) < 4.78 is 0. The minimum Gasteiger partial charge on any atom is -0.354 e. The number of rotatable bonds is 5. The number of pyridine rings is 1. The largest absolute Gasteiger partial charge is 0.354 e. The smallest absolute Gasteiger partial charge is 0.257 e. The number of benzene rings is 2. The van der Waals surface area contributed by atoms with Gasteiger partial charge in [-0.05, 0) is 37.3 Å². The summed E-state index contributed by atoms with van der Waals surface area (Å²) in [5, 5.41) is 15.0. The average Bonchev–Trinajstić information content (AvgIpc) is 2.69. The van der Waals surface area contributed by atoms with Gasteiger partial charge in [0.1, 0.15) is 6.07 Å². The van der Waals surface area contributed by atoms with Crippen molar-refractivity contribution >= 4 is 28.8 Å². The molecular formula is C21H16N4O2. The third-order valence-corrected chi connectivity index (χ3v) is 3.85. The van der Waals surface area contributed by atoms with E-state index in [-0.39, 0.29) is 11.7 Å². The molecule has 0 aliphatic carbocycles. The van der Waals surface area contributed by atoms with Gasteiger partial charge in [-0.2, -0.15) is 5.26 Å². The summed E-state index contributed by atoms with van der Waals surface area (Å²) in [7, 11) is 0. The van der Waals surface area contributed by atoms with Gasteiger partial charge >= 0.3 is 0 Å². The Hall–Kier alpha value is -3.98. The van der Waals surface area contributed by atoms with Gasteiger partial charge in [-0.1, -0.05) is 24.3 Å². The maximum atomic E-state index is 12.5. The summed E-state index contributed by atoms with van der Waals surface area (Å²) in [6, 6.07) is 17.5. The Balaban J connectivity index is 1.79. The van der Waals surface area contributed by atoms with E-state index >= 15 is 0 Å². The Bertz CT molecular complexity index is 1050. The molecule has 0 spiro atoms. The van der Waals surface area contributed by atoms with Crippen LogP contribution in [0.4, 0.5) is 17.1 Å². The fourth-order valence-electron chi connectivity index (χ4n) is 2.50. The number of hydrogen-bond acceptors (Lipinski definition) is 5. The van der Waals surface area contributed by atoms with Crippen molar-refractivity contribution < 1.29 is 9.59 Å². The SMILES string of the molecule is CC(=O)c1cccc(Nc2cncc(C(=O)Nc3ccccc3C#N)c2)c1. The number of Topliss-reactive ketones (excluding diaryl/α,β-unsaturated/α-hetero) is 1. The summed E-state index contributed by atoms with van der Waals surface area (Å²) in [6.45, 7) is 1.50. The molecule has 132 valence electrons. The van der Waals surface area contributed by atoms with E-state index in [1.807, 2.05) is 12.1 Å². The fraction of sp³-hybridized carbons (Fsp3) is 0.0476.